The van der Waals surface area contributed by atoms with Crippen molar-refractivity contribution in [3.63, 3.8) is 0 Å². The molecule has 1 amide bonds. The summed E-state index contributed by atoms with van der Waals surface area (Å²) in [5.41, 5.74) is 15.8. The predicted octanol–water partition coefficient (Wildman–Crippen LogP) is 1.67. The van der Waals surface area contributed by atoms with E-state index in [9.17, 15) is 19.8 Å². The first-order valence-corrected chi connectivity index (χ1v) is 9.74. The van der Waals surface area contributed by atoms with Crippen molar-refractivity contribution in [3.8, 4) is 23.0 Å². The lowest BCUT2D eigenvalue weighted by atomic mass is 9.77. The second-order valence-electron chi connectivity index (χ2n) is 7.24. The van der Waals surface area contributed by atoms with Crippen LogP contribution in [0.3, 0.4) is 0 Å². The molecule has 0 saturated carbocycles. The first kappa shape index (κ1) is 21.2. The Kier molecular flexibility index (Phi) is 5.21. The lowest BCUT2D eigenvalue weighted by Crippen LogP contribution is -2.32. The molecule has 9 heteroatoms. The third-order valence-corrected chi connectivity index (χ3v) is 5.22. The molecular weight excluding hydrogens is 414 g/mol. The standard InChI is InChI=1S/C21H13NO6.C2H8N2/c22-19(25)10-1-4-14-13(7-10)20(26)28-21(14)15-5-2-11(23)8-17(15)27-18-9-12(24)3-6-16(18)21;3-1-2-4/h1-9,23-24H,(H2,22,25);1-4H2. The maximum Gasteiger partial charge on any atom is 0.340 e. The van der Waals surface area contributed by atoms with Crippen LogP contribution in [0.15, 0.2) is 54.6 Å². The van der Waals surface area contributed by atoms with Gasteiger partial charge in [-0.05, 0) is 36.4 Å². The minimum absolute atomic E-state index is 0.0221. The number of ether oxygens (including phenoxy) is 2. The van der Waals surface area contributed by atoms with Crippen LogP contribution in [-0.4, -0.2) is 35.2 Å². The second-order valence-corrected chi connectivity index (χ2v) is 7.24. The van der Waals surface area contributed by atoms with Gasteiger partial charge in [-0.3, -0.25) is 4.79 Å². The van der Waals surface area contributed by atoms with Gasteiger partial charge in [-0.2, -0.15) is 0 Å². The van der Waals surface area contributed by atoms with Crippen LogP contribution in [-0.2, 0) is 10.3 Å². The predicted molar refractivity (Wildman–Crippen MR) is 115 cm³/mol. The quantitative estimate of drug-likeness (QED) is 0.378. The number of phenolic OH excluding ortho intramolecular Hbond substituents is 2. The van der Waals surface area contributed by atoms with Crippen molar-refractivity contribution in [3.05, 3.63) is 82.4 Å². The van der Waals surface area contributed by atoms with E-state index in [1.807, 2.05) is 0 Å². The first-order chi connectivity index (χ1) is 15.3. The Hall–Kier alpha value is -4.08. The summed E-state index contributed by atoms with van der Waals surface area (Å²) in [6, 6.07) is 13.6. The Bertz CT molecular complexity index is 1190. The second kappa shape index (κ2) is 7.88. The Balaban J connectivity index is 0.000000567. The fourth-order valence-corrected chi connectivity index (χ4v) is 3.86. The summed E-state index contributed by atoms with van der Waals surface area (Å²) in [4.78, 5) is 24.3. The van der Waals surface area contributed by atoms with E-state index in [1.165, 1.54) is 36.4 Å². The van der Waals surface area contributed by atoms with Crippen LogP contribution < -0.4 is 21.9 Å². The summed E-state index contributed by atoms with van der Waals surface area (Å²) in [5, 5.41) is 19.8. The maximum absolute atomic E-state index is 12.8. The van der Waals surface area contributed by atoms with E-state index in [2.05, 4.69) is 0 Å². The highest BCUT2D eigenvalue weighted by molar-refractivity contribution is 6.01. The van der Waals surface area contributed by atoms with Crippen LogP contribution in [0.2, 0.25) is 0 Å². The summed E-state index contributed by atoms with van der Waals surface area (Å²) in [5.74, 6) is -0.732. The molecule has 0 saturated heterocycles. The maximum atomic E-state index is 12.8. The van der Waals surface area contributed by atoms with Crippen molar-refractivity contribution in [2.75, 3.05) is 13.1 Å². The molecular formula is C23H21N3O6. The zero-order valence-electron chi connectivity index (χ0n) is 16.9. The fraction of sp³-hybridized carbons (Fsp3) is 0.130. The summed E-state index contributed by atoms with van der Waals surface area (Å²) in [6.45, 7) is 1.19. The zero-order chi connectivity index (χ0) is 23.0. The van der Waals surface area contributed by atoms with E-state index >= 15 is 0 Å². The summed E-state index contributed by atoms with van der Waals surface area (Å²) < 4.78 is 11.7. The normalized spacial score (nSPS) is 14.2. The number of hydrogen-bond acceptors (Lipinski definition) is 8. The van der Waals surface area contributed by atoms with Gasteiger partial charge in [0.15, 0.2) is 5.60 Å². The molecule has 3 aromatic rings. The van der Waals surface area contributed by atoms with Gasteiger partial charge in [0.05, 0.1) is 5.56 Å². The number of nitrogens with two attached hydrogens (primary N) is 3. The van der Waals surface area contributed by atoms with Crippen molar-refractivity contribution in [2.24, 2.45) is 17.2 Å². The number of hydrogen-bond donors (Lipinski definition) is 5. The molecule has 2 aliphatic rings. The molecule has 2 heterocycles. The molecule has 164 valence electrons. The van der Waals surface area contributed by atoms with Gasteiger partial charge in [0, 0.05) is 47.5 Å². The van der Waals surface area contributed by atoms with E-state index in [1.54, 1.807) is 18.2 Å². The van der Waals surface area contributed by atoms with Gasteiger partial charge >= 0.3 is 5.97 Å². The topological polar surface area (TPSA) is 171 Å². The van der Waals surface area contributed by atoms with Crippen LogP contribution in [0.1, 0.15) is 37.4 Å². The molecule has 0 radical (unpaired) electrons. The molecule has 8 N–H and O–H groups in total. The lowest BCUT2D eigenvalue weighted by molar-refractivity contribution is 0.0224. The van der Waals surface area contributed by atoms with E-state index in [-0.39, 0.29) is 34.1 Å². The van der Waals surface area contributed by atoms with E-state index in [4.69, 9.17) is 26.7 Å². The molecule has 0 bridgehead atoms. The van der Waals surface area contributed by atoms with Crippen molar-refractivity contribution in [1.82, 2.24) is 0 Å². The first-order valence-electron chi connectivity index (χ1n) is 9.74. The third-order valence-electron chi connectivity index (χ3n) is 5.22. The third kappa shape index (κ3) is 3.20. The van der Waals surface area contributed by atoms with Crippen molar-refractivity contribution in [1.29, 1.82) is 0 Å². The van der Waals surface area contributed by atoms with Gasteiger partial charge in [0.2, 0.25) is 5.91 Å². The average molecular weight is 435 g/mol. The number of carbonyl (C=O) groups excluding carboxylic acids is 2. The number of esters is 1. The van der Waals surface area contributed by atoms with Gasteiger partial charge in [0.25, 0.3) is 0 Å². The summed E-state index contributed by atoms with van der Waals surface area (Å²) in [7, 11) is 0. The Morgan fingerprint density at radius 1 is 0.844 bits per heavy atom. The highest BCUT2D eigenvalue weighted by Gasteiger charge is 2.53. The molecule has 0 atom stereocenters. The number of fused-ring (bicyclic) bond motifs is 6. The van der Waals surface area contributed by atoms with Crippen LogP contribution in [0.25, 0.3) is 0 Å². The molecule has 3 aromatic carbocycles. The number of carbonyl (C=O) groups is 2. The summed E-state index contributed by atoms with van der Waals surface area (Å²) in [6.07, 6.45) is 0. The van der Waals surface area contributed by atoms with Gasteiger partial charge < -0.3 is 36.9 Å². The molecule has 1 spiro atoms. The number of aromatic hydroxyl groups is 2. The zero-order valence-corrected chi connectivity index (χ0v) is 16.9. The van der Waals surface area contributed by atoms with Crippen molar-refractivity contribution in [2.45, 2.75) is 5.60 Å². The van der Waals surface area contributed by atoms with Crippen LogP contribution in [0.4, 0.5) is 0 Å². The van der Waals surface area contributed by atoms with Gasteiger partial charge in [-0.15, -0.1) is 0 Å². The fourth-order valence-electron chi connectivity index (χ4n) is 3.86. The largest absolute Gasteiger partial charge is 0.508 e. The Labute approximate surface area is 183 Å². The highest BCUT2D eigenvalue weighted by Crippen LogP contribution is 2.56. The molecule has 0 aromatic heterocycles. The number of phenols is 2. The Morgan fingerprint density at radius 2 is 1.38 bits per heavy atom. The van der Waals surface area contributed by atoms with Crippen LogP contribution in [0, 0.1) is 0 Å². The van der Waals surface area contributed by atoms with Gasteiger partial charge in [-0.1, -0.05) is 6.07 Å². The van der Waals surface area contributed by atoms with Gasteiger partial charge in [-0.25, -0.2) is 4.79 Å². The lowest BCUT2D eigenvalue weighted by Gasteiger charge is -2.36. The minimum Gasteiger partial charge on any atom is -0.508 e. The average Bonchev–Trinajstić information content (AvgIpc) is 3.06. The number of benzene rings is 3. The monoisotopic (exact) mass is 435 g/mol. The molecule has 0 unspecified atom stereocenters. The minimum atomic E-state index is -1.34. The molecule has 0 aliphatic carbocycles. The van der Waals surface area contributed by atoms with Crippen molar-refractivity contribution >= 4 is 11.9 Å². The molecule has 9 nitrogen and oxygen atoms in total. The summed E-state index contributed by atoms with van der Waals surface area (Å²) >= 11 is 0. The Morgan fingerprint density at radius 3 is 1.88 bits per heavy atom. The van der Waals surface area contributed by atoms with E-state index < -0.39 is 17.5 Å². The SMILES string of the molecule is NC(=O)c1ccc2c(c1)C(=O)OC21c2ccc(O)cc2Oc2cc(O)ccc21.NCCN. The van der Waals surface area contributed by atoms with Gasteiger partial charge in [0.1, 0.15) is 23.0 Å². The number of rotatable bonds is 2. The molecule has 2 aliphatic heterocycles. The number of amides is 1. The molecule has 0 fully saturated rings. The molecule has 5 rings (SSSR count). The molecule has 32 heavy (non-hydrogen) atoms. The van der Waals surface area contributed by atoms with Crippen LogP contribution in [0.5, 0.6) is 23.0 Å². The van der Waals surface area contributed by atoms with Crippen molar-refractivity contribution < 1.29 is 29.3 Å². The van der Waals surface area contributed by atoms with Crippen LogP contribution >= 0.6 is 0 Å². The van der Waals surface area contributed by atoms with E-state index in [0.29, 0.717) is 29.8 Å². The van der Waals surface area contributed by atoms with E-state index in [0.717, 1.165) is 0 Å². The highest BCUT2D eigenvalue weighted by atomic mass is 16.6. The number of primary amides is 1. The smallest absolute Gasteiger partial charge is 0.340 e.